The SMILES string of the molecule is CCSC1CCCC1NC(=O)c1cccc(NC(=O)CC)c1. The fourth-order valence-corrected chi connectivity index (χ4v) is 3.94. The van der Waals surface area contributed by atoms with Gasteiger partial charge < -0.3 is 10.6 Å². The molecule has 2 unspecified atom stereocenters. The highest BCUT2D eigenvalue weighted by atomic mass is 32.2. The lowest BCUT2D eigenvalue weighted by molar-refractivity contribution is -0.115. The minimum absolute atomic E-state index is 0.0484. The third kappa shape index (κ3) is 4.50. The van der Waals surface area contributed by atoms with Gasteiger partial charge in [-0.1, -0.05) is 26.3 Å². The molecule has 2 atom stereocenters. The summed E-state index contributed by atoms with van der Waals surface area (Å²) in [5.41, 5.74) is 1.27. The standard InChI is InChI=1S/C17H24N2O2S/c1-3-16(20)18-13-8-5-7-12(11-13)17(21)19-14-9-6-10-15(14)22-4-2/h5,7-8,11,14-15H,3-4,6,9-10H2,1-2H3,(H,18,20)(H,19,21). The molecule has 4 nitrogen and oxygen atoms in total. The minimum atomic E-state index is -0.0544. The van der Waals surface area contributed by atoms with E-state index in [1.807, 2.05) is 11.8 Å². The fourth-order valence-electron chi connectivity index (χ4n) is 2.74. The Kier molecular flexibility index (Phi) is 6.31. The van der Waals surface area contributed by atoms with E-state index in [1.54, 1.807) is 31.2 Å². The van der Waals surface area contributed by atoms with Crippen LogP contribution in [-0.4, -0.2) is 28.9 Å². The van der Waals surface area contributed by atoms with E-state index in [0.29, 0.717) is 22.9 Å². The van der Waals surface area contributed by atoms with E-state index in [0.717, 1.165) is 12.2 Å². The Morgan fingerprint density at radius 2 is 2.09 bits per heavy atom. The summed E-state index contributed by atoms with van der Waals surface area (Å²) in [6.07, 6.45) is 3.83. The summed E-state index contributed by atoms with van der Waals surface area (Å²) in [5.74, 6) is 0.976. The molecule has 1 saturated carbocycles. The predicted octanol–water partition coefficient (Wildman–Crippen LogP) is 3.44. The van der Waals surface area contributed by atoms with Crippen LogP contribution in [0, 0.1) is 0 Å². The van der Waals surface area contributed by atoms with Crippen molar-refractivity contribution >= 4 is 29.3 Å². The minimum Gasteiger partial charge on any atom is -0.348 e. The zero-order valence-electron chi connectivity index (χ0n) is 13.2. The summed E-state index contributed by atoms with van der Waals surface area (Å²) in [6, 6.07) is 7.38. The van der Waals surface area contributed by atoms with Crippen molar-refractivity contribution in [3.63, 3.8) is 0 Å². The Labute approximate surface area is 136 Å². The normalized spacial score (nSPS) is 20.6. The van der Waals surface area contributed by atoms with Crippen LogP contribution < -0.4 is 10.6 Å². The molecule has 2 rings (SSSR count). The lowest BCUT2D eigenvalue weighted by Gasteiger charge is -2.20. The first-order valence-corrected chi connectivity index (χ1v) is 9.01. The van der Waals surface area contributed by atoms with Gasteiger partial charge in [-0.3, -0.25) is 9.59 Å². The van der Waals surface area contributed by atoms with Gasteiger partial charge >= 0.3 is 0 Å². The van der Waals surface area contributed by atoms with Gasteiger partial charge in [0, 0.05) is 29.0 Å². The summed E-state index contributed by atoms with van der Waals surface area (Å²) in [5, 5.41) is 6.46. The number of anilines is 1. The van der Waals surface area contributed by atoms with Crippen LogP contribution in [0.25, 0.3) is 0 Å². The average molecular weight is 320 g/mol. The quantitative estimate of drug-likeness (QED) is 0.844. The van der Waals surface area contributed by atoms with E-state index in [1.165, 1.54) is 12.8 Å². The number of hydrogen-bond acceptors (Lipinski definition) is 3. The molecule has 22 heavy (non-hydrogen) atoms. The summed E-state index contributed by atoms with van der Waals surface area (Å²) in [7, 11) is 0. The second-order valence-electron chi connectivity index (χ2n) is 5.49. The largest absolute Gasteiger partial charge is 0.348 e. The van der Waals surface area contributed by atoms with E-state index >= 15 is 0 Å². The second kappa shape index (κ2) is 8.22. The Hall–Kier alpha value is -1.49. The number of carbonyl (C=O) groups is 2. The Morgan fingerprint density at radius 1 is 1.27 bits per heavy atom. The molecule has 1 aromatic carbocycles. The van der Waals surface area contributed by atoms with Gasteiger partial charge in [-0.2, -0.15) is 11.8 Å². The highest BCUT2D eigenvalue weighted by Crippen LogP contribution is 2.30. The molecule has 0 bridgehead atoms. The van der Waals surface area contributed by atoms with Crippen molar-refractivity contribution in [1.82, 2.24) is 5.32 Å². The zero-order valence-corrected chi connectivity index (χ0v) is 14.0. The van der Waals surface area contributed by atoms with Crippen LogP contribution >= 0.6 is 11.8 Å². The van der Waals surface area contributed by atoms with Gasteiger partial charge in [-0.25, -0.2) is 0 Å². The van der Waals surface area contributed by atoms with Crippen molar-refractivity contribution in [2.24, 2.45) is 0 Å². The number of amides is 2. The predicted molar refractivity (Wildman–Crippen MR) is 92.4 cm³/mol. The molecule has 1 aliphatic carbocycles. The van der Waals surface area contributed by atoms with E-state index < -0.39 is 0 Å². The molecule has 0 aliphatic heterocycles. The summed E-state index contributed by atoms with van der Waals surface area (Å²) < 4.78 is 0. The number of hydrogen-bond donors (Lipinski definition) is 2. The Balaban J connectivity index is 2.00. The Morgan fingerprint density at radius 3 is 2.82 bits per heavy atom. The van der Waals surface area contributed by atoms with E-state index in [-0.39, 0.29) is 17.9 Å². The fraction of sp³-hybridized carbons (Fsp3) is 0.529. The number of nitrogens with one attached hydrogen (secondary N) is 2. The highest BCUT2D eigenvalue weighted by Gasteiger charge is 2.28. The van der Waals surface area contributed by atoms with Crippen LogP contribution in [0.1, 0.15) is 49.9 Å². The summed E-state index contributed by atoms with van der Waals surface area (Å²) in [4.78, 5) is 23.9. The molecule has 0 radical (unpaired) electrons. The molecule has 0 spiro atoms. The zero-order chi connectivity index (χ0) is 15.9. The molecule has 1 aromatic rings. The molecule has 1 aliphatic rings. The van der Waals surface area contributed by atoms with Crippen LogP contribution in [0.4, 0.5) is 5.69 Å². The smallest absolute Gasteiger partial charge is 0.251 e. The molecule has 5 heteroatoms. The van der Waals surface area contributed by atoms with Gasteiger partial charge in [0.15, 0.2) is 0 Å². The van der Waals surface area contributed by atoms with Crippen LogP contribution in [0.15, 0.2) is 24.3 Å². The van der Waals surface area contributed by atoms with Gasteiger partial charge in [0.2, 0.25) is 5.91 Å². The third-order valence-electron chi connectivity index (χ3n) is 3.88. The molecule has 120 valence electrons. The van der Waals surface area contributed by atoms with Crippen LogP contribution in [0.3, 0.4) is 0 Å². The molecule has 0 heterocycles. The first kappa shape index (κ1) is 16.9. The van der Waals surface area contributed by atoms with Gasteiger partial charge in [0.25, 0.3) is 5.91 Å². The van der Waals surface area contributed by atoms with E-state index in [4.69, 9.17) is 0 Å². The summed E-state index contributed by atoms with van der Waals surface area (Å²) >= 11 is 1.93. The lowest BCUT2D eigenvalue weighted by Crippen LogP contribution is -2.38. The first-order chi connectivity index (χ1) is 10.6. The average Bonchev–Trinajstić information content (AvgIpc) is 2.95. The molecule has 0 saturated heterocycles. The van der Waals surface area contributed by atoms with E-state index in [9.17, 15) is 9.59 Å². The van der Waals surface area contributed by atoms with Crippen LogP contribution in [0.2, 0.25) is 0 Å². The maximum atomic E-state index is 12.4. The number of rotatable bonds is 6. The number of carbonyl (C=O) groups excluding carboxylic acids is 2. The number of thioether (sulfide) groups is 1. The maximum absolute atomic E-state index is 12.4. The molecule has 2 N–H and O–H groups in total. The number of benzene rings is 1. The van der Waals surface area contributed by atoms with Crippen molar-refractivity contribution in [2.75, 3.05) is 11.1 Å². The lowest BCUT2D eigenvalue weighted by atomic mass is 10.1. The van der Waals surface area contributed by atoms with Crippen molar-refractivity contribution < 1.29 is 9.59 Å². The van der Waals surface area contributed by atoms with Crippen molar-refractivity contribution in [3.05, 3.63) is 29.8 Å². The highest BCUT2D eigenvalue weighted by molar-refractivity contribution is 7.99. The monoisotopic (exact) mass is 320 g/mol. The van der Waals surface area contributed by atoms with Gasteiger partial charge in [0.1, 0.15) is 0 Å². The molecular formula is C17H24N2O2S. The van der Waals surface area contributed by atoms with Crippen molar-refractivity contribution in [1.29, 1.82) is 0 Å². The first-order valence-electron chi connectivity index (χ1n) is 7.96. The topological polar surface area (TPSA) is 58.2 Å². The van der Waals surface area contributed by atoms with Crippen molar-refractivity contribution in [2.45, 2.75) is 50.8 Å². The second-order valence-corrected chi connectivity index (χ2v) is 7.00. The van der Waals surface area contributed by atoms with E-state index in [2.05, 4.69) is 17.6 Å². The van der Waals surface area contributed by atoms with Gasteiger partial charge in [0.05, 0.1) is 0 Å². The van der Waals surface area contributed by atoms with Gasteiger partial charge in [-0.05, 0) is 36.8 Å². The molecule has 1 fully saturated rings. The Bertz CT molecular complexity index is 533. The van der Waals surface area contributed by atoms with Crippen LogP contribution in [-0.2, 0) is 4.79 Å². The third-order valence-corrected chi connectivity index (χ3v) is 5.21. The van der Waals surface area contributed by atoms with Crippen LogP contribution in [0.5, 0.6) is 0 Å². The van der Waals surface area contributed by atoms with Crippen molar-refractivity contribution in [3.8, 4) is 0 Å². The molecule has 2 amide bonds. The maximum Gasteiger partial charge on any atom is 0.251 e. The molecular weight excluding hydrogens is 296 g/mol. The molecule has 0 aromatic heterocycles. The van der Waals surface area contributed by atoms with Gasteiger partial charge in [-0.15, -0.1) is 0 Å². The summed E-state index contributed by atoms with van der Waals surface area (Å²) in [6.45, 7) is 3.96.